The summed E-state index contributed by atoms with van der Waals surface area (Å²) in [5, 5.41) is 12.8. The van der Waals surface area contributed by atoms with E-state index in [0.29, 0.717) is 19.4 Å². The van der Waals surface area contributed by atoms with Crippen molar-refractivity contribution in [2.75, 3.05) is 5.75 Å². The lowest BCUT2D eigenvalue weighted by Gasteiger charge is -2.05. The minimum atomic E-state index is -4.17. The van der Waals surface area contributed by atoms with Crippen LogP contribution in [0.15, 0.2) is 76.4 Å². The van der Waals surface area contributed by atoms with Crippen LogP contribution in [0.4, 0.5) is 10.8 Å². The van der Waals surface area contributed by atoms with Gasteiger partial charge in [0, 0.05) is 29.1 Å². The van der Waals surface area contributed by atoms with Crippen molar-refractivity contribution in [3.05, 3.63) is 66.2 Å². The van der Waals surface area contributed by atoms with E-state index in [-0.39, 0.29) is 5.75 Å². The third-order valence-electron chi connectivity index (χ3n) is 5.07. The molecule has 2 heterocycles. The van der Waals surface area contributed by atoms with E-state index in [4.69, 9.17) is 0 Å². The van der Waals surface area contributed by atoms with Crippen LogP contribution in [-0.2, 0) is 23.7 Å². The number of aryl methyl sites for hydroxylation is 2. The summed E-state index contributed by atoms with van der Waals surface area (Å²) in [5.41, 5.74) is 3.94. The molecule has 0 spiro atoms. The zero-order chi connectivity index (χ0) is 21.8. The fourth-order valence-electron chi connectivity index (χ4n) is 3.60. The number of hydrogen-bond donors (Lipinski definition) is 0. The molecule has 0 radical (unpaired) electrons. The van der Waals surface area contributed by atoms with Gasteiger partial charge in [-0.1, -0.05) is 48.5 Å². The molecule has 2 aromatic heterocycles. The molecule has 9 heteroatoms. The van der Waals surface area contributed by atoms with E-state index in [1.807, 2.05) is 59.6 Å². The van der Waals surface area contributed by atoms with E-state index < -0.39 is 10.1 Å². The summed E-state index contributed by atoms with van der Waals surface area (Å²) in [7, 11) is -2.15. The second-order valence-electron chi connectivity index (χ2n) is 7.19. The number of azo groups is 1. The lowest BCUT2D eigenvalue weighted by Crippen LogP contribution is -2.31. The molecule has 0 saturated heterocycles. The number of unbranched alkanes of at least 4 members (excludes halogenated alkanes) is 1. The maximum atomic E-state index is 10.8. The second kappa shape index (κ2) is 9.09. The number of thiazole rings is 1. The van der Waals surface area contributed by atoms with Crippen LogP contribution in [0, 0.1) is 0 Å². The molecule has 31 heavy (non-hydrogen) atoms. The SMILES string of the molecule is Cn1c(-c2ccccc2)c(/N=N/c2scc[n+]2CCCCS(=O)(=O)[O-])c2ccccc21. The topological polar surface area (TPSA) is 90.7 Å². The van der Waals surface area contributed by atoms with E-state index in [1.165, 1.54) is 11.3 Å². The zero-order valence-corrected chi connectivity index (χ0v) is 18.6. The van der Waals surface area contributed by atoms with Crippen molar-refractivity contribution in [3.63, 3.8) is 0 Å². The Balaban J connectivity index is 1.65. The highest BCUT2D eigenvalue weighted by molar-refractivity contribution is 7.85. The first-order valence-electron chi connectivity index (χ1n) is 9.89. The van der Waals surface area contributed by atoms with Crippen molar-refractivity contribution >= 4 is 43.2 Å². The number of rotatable bonds is 8. The largest absolute Gasteiger partial charge is 0.748 e. The van der Waals surface area contributed by atoms with Crippen molar-refractivity contribution in [1.82, 2.24) is 4.57 Å². The molecule has 160 valence electrons. The molecule has 0 N–H and O–H groups in total. The second-order valence-corrected chi connectivity index (χ2v) is 9.58. The molecule has 0 saturated carbocycles. The van der Waals surface area contributed by atoms with E-state index in [2.05, 4.69) is 33.0 Å². The minimum absolute atomic E-state index is 0.326. The first-order valence-corrected chi connectivity index (χ1v) is 12.3. The standard InChI is InChI=1S/C22H22N4O3S2/c1-25-19-12-6-5-11-18(19)20(21(25)17-9-3-2-4-10-17)23-24-22-26(14-15-30-22)13-7-8-16-31(27,28)29/h2-6,9-12,14-15H,7-8,13,16H2,1H3. The van der Waals surface area contributed by atoms with Crippen LogP contribution in [0.2, 0.25) is 0 Å². The quantitative estimate of drug-likeness (QED) is 0.163. The molecular weight excluding hydrogens is 432 g/mol. The van der Waals surface area contributed by atoms with Gasteiger partial charge >= 0.3 is 5.13 Å². The molecule has 0 atom stereocenters. The van der Waals surface area contributed by atoms with Gasteiger partial charge in [-0.2, -0.15) is 0 Å². The van der Waals surface area contributed by atoms with Crippen LogP contribution < -0.4 is 4.57 Å². The van der Waals surface area contributed by atoms with Crippen LogP contribution in [-0.4, -0.2) is 23.3 Å². The molecule has 0 bridgehead atoms. The Kier molecular flexibility index (Phi) is 6.26. The Morgan fingerprint density at radius 3 is 2.55 bits per heavy atom. The first-order chi connectivity index (χ1) is 14.9. The molecule has 2 aromatic carbocycles. The Morgan fingerprint density at radius 2 is 1.77 bits per heavy atom. The smallest absolute Gasteiger partial charge is 0.408 e. The summed E-state index contributed by atoms with van der Waals surface area (Å²) in [4.78, 5) is 0. The molecule has 0 aliphatic carbocycles. The molecule has 0 unspecified atom stereocenters. The highest BCUT2D eigenvalue weighted by Crippen LogP contribution is 2.40. The first kappa shape index (κ1) is 21.4. The Labute approximate surface area is 185 Å². The van der Waals surface area contributed by atoms with Gasteiger partial charge in [-0.05, 0) is 35.4 Å². The van der Waals surface area contributed by atoms with Gasteiger partial charge < -0.3 is 9.12 Å². The van der Waals surface area contributed by atoms with Crippen LogP contribution in [0.5, 0.6) is 0 Å². The highest BCUT2D eigenvalue weighted by atomic mass is 32.2. The predicted molar refractivity (Wildman–Crippen MR) is 121 cm³/mol. The third kappa shape index (κ3) is 4.90. The van der Waals surface area contributed by atoms with Crippen LogP contribution >= 0.6 is 11.3 Å². The van der Waals surface area contributed by atoms with Gasteiger partial charge in [0.1, 0.15) is 11.9 Å². The Bertz CT molecular complexity index is 1330. The number of hydrogen-bond acceptors (Lipinski definition) is 6. The van der Waals surface area contributed by atoms with Gasteiger partial charge in [-0.3, -0.25) is 0 Å². The monoisotopic (exact) mass is 454 g/mol. The van der Waals surface area contributed by atoms with E-state index in [0.717, 1.165) is 33.0 Å². The van der Waals surface area contributed by atoms with Crippen LogP contribution in [0.3, 0.4) is 0 Å². The van der Waals surface area contributed by atoms with Crippen LogP contribution in [0.1, 0.15) is 12.8 Å². The normalized spacial score (nSPS) is 12.2. The van der Waals surface area contributed by atoms with Crippen molar-refractivity contribution in [2.24, 2.45) is 17.3 Å². The Morgan fingerprint density at radius 1 is 1.03 bits per heavy atom. The molecule has 0 aliphatic heterocycles. The fourth-order valence-corrected chi connectivity index (χ4v) is 4.86. The number of fused-ring (bicyclic) bond motifs is 1. The summed E-state index contributed by atoms with van der Waals surface area (Å²) in [6, 6.07) is 18.2. The van der Waals surface area contributed by atoms with Gasteiger partial charge in [0.15, 0.2) is 0 Å². The van der Waals surface area contributed by atoms with Gasteiger partial charge in [0.05, 0.1) is 33.0 Å². The molecule has 0 aliphatic rings. The number of para-hydroxylation sites is 1. The lowest BCUT2D eigenvalue weighted by atomic mass is 10.1. The minimum Gasteiger partial charge on any atom is -0.748 e. The zero-order valence-electron chi connectivity index (χ0n) is 17.0. The van der Waals surface area contributed by atoms with Crippen molar-refractivity contribution in [1.29, 1.82) is 0 Å². The van der Waals surface area contributed by atoms with Crippen molar-refractivity contribution < 1.29 is 17.5 Å². The number of benzene rings is 2. The fraction of sp³-hybridized carbons (Fsp3) is 0.227. The highest BCUT2D eigenvalue weighted by Gasteiger charge is 2.19. The van der Waals surface area contributed by atoms with E-state index in [9.17, 15) is 13.0 Å². The molecule has 0 fully saturated rings. The van der Waals surface area contributed by atoms with Crippen LogP contribution in [0.25, 0.3) is 22.2 Å². The molecular formula is C22H22N4O3S2. The van der Waals surface area contributed by atoms with Gasteiger partial charge in [-0.15, -0.1) is 0 Å². The summed E-state index contributed by atoms with van der Waals surface area (Å²) in [5.74, 6) is -0.342. The van der Waals surface area contributed by atoms with E-state index >= 15 is 0 Å². The Hall–Kier alpha value is -2.88. The number of nitrogens with zero attached hydrogens (tertiary/aromatic N) is 4. The van der Waals surface area contributed by atoms with Crippen molar-refractivity contribution in [3.8, 4) is 11.3 Å². The summed E-state index contributed by atoms with van der Waals surface area (Å²) >= 11 is 1.46. The van der Waals surface area contributed by atoms with Crippen molar-refractivity contribution in [2.45, 2.75) is 19.4 Å². The molecule has 0 amide bonds. The summed E-state index contributed by atoms with van der Waals surface area (Å²) in [6.45, 7) is 0.578. The summed E-state index contributed by atoms with van der Waals surface area (Å²) < 4.78 is 36.4. The van der Waals surface area contributed by atoms with E-state index in [1.54, 1.807) is 0 Å². The average molecular weight is 455 g/mol. The van der Waals surface area contributed by atoms with Gasteiger partial charge in [-0.25, -0.2) is 13.0 Å². The maximum absolute atomic E-state index is 10.8. The maximum Gasteiger partial charge on any atom is 0.408 e. The molecule has 4 aromatic rings. The summed E-state index contributed by atoms with van der Waals surface area (Å²) in [6.07, 6.45) is 2.80. The third-order valence-corrected chi connectivity index (χ3v) is 6.64. The number of aromatic nitrogens is 2. The molecule has 7 nitrogen and oxygen atoms in total. The van der Waals surface area contributed by atoms with Gasteiger partial charge in [0.25, 0.3) is 0 Å². The van der Waals surface area contributed by atoms with Gasteiger partial charge in [0.2, 0.25) is 0 Å². The average Bonchev–Trinajstić information content (AvgIpc) is 3.32. The predicted octanol–water partition coefficient (Wildman–Crippen LogP) is 4.94. The molecule has 4 rings (SSSR count). The lowest BCUT2D eigenvalue weighted by molar-refractivity contribution is -0.680.